The number of aliphatic hydroxyl groups is 1. The van der Waals surface area contributed by atoms with Gasteiger partial charge in [0.05, 0.1) is 18.8 Å². The van der Waals surface area contributed by atoms with E-state index in [1.807, 2.05) is 49.4 Å². The molecule has 0 bridgehead atoms. The predicted molar refractivity (Wildman–Crippen MR) is 86.7 cm³/mol. The number of benzene rings is 2. The van der Waals surface area contributed by atoms with Crippen LogP contribution in [0.1, 0.15) is 16.8 Å². The summed E-state index contributed by atoms with van der Waals surface area (Å²) < 4.78 is 1.78. The Morgan fingerprint density at radius 1 is 1.14 bits per heavy atom. The lowest BCUT2D eigenvalue weighted by molar-refractivity contribution is 0.277. The minimum Gasteiger partial charge on any atom is -0.390 e. The van der Waals surface area contributed by atoms with Crippen LogP contribution in [0.15, 0.2) is 48.5 Å². The van der Waals surface area contributed by atoms with E-state index in [0.29, 0.717) is 17.3 Å². The minimum atomic E-state index is -0.147. The number of aliphatic hydroxyl groups excluding tert-OH is 1. The maximum absolute atomic E-state index is 9.54. The number of nitrogens with zero attached hydrogens (tertiary/aromatic N) is 3. The molecule has 3 aromatic rings. The van der Waals surface area contributed by atoms with Gasteiger partial charge in [-0.1, -0.05) is 58.8 Å². The molecule has 4 nitrogen and oxygen atoms in total. The Kier molecular flexibility index (Phi) is 4.22. The summed E-state index contributed by atoms with van der Waals surface area (Å²) >= 11 is 6.23. The van der Waals surface area contributed by atoms with Crippen LogP contribution in [0.4, 0.5) is 0 Å². The molecule has 0 atom stereocenters. The van der Waals surface area contributed by atoms with E-state index in [1.54, 1.807) is 4.68 Å². The summed E-state index contributed by atoms with van der Waals surface area (Å²) in [5.41, 5.74) is 4.49. The van der Waals surface area contributed by atoms with Crippen molar-refractivity contribution in [2.45, 2.75) is 20.1 Å². The van der Waals surface area contributed by atoms with Crippen LogP contribution >= 0.6 is 11.6 Å². The van der Waals surface area contributed by atoms with Crippen molar-refractivity contribution in [2.24, 2.45) is 0 Å². The van der Waals surface area contributed by atoms with E-state index in [9.17, 15) is 5.11 Å². The Bertz CT molecular complexity index is 798. The van der Waals surface area contributed by atoms with E-state index in [0.717, 1.165) is 22.4 Å². The SMILES string of the molecule is Cc1cccc(-c2c(CO)nnn2Cc2ccccc2Cl)c1. The van der Waals surface area contributed by atoms with Crippen LogP contribution in [0.2, 0.25) is 5.02 Å². The zero-order chi connectivity index (χ0) is 15.5. The maximum atomic E-state index is 9.54. The quantitative estimate of drug-likeness (QED) is 0.802. The van der Waals surface area contributed by atoms with Crippen molar-refractivity contribution in [3.05, 3.63) is 70.4 Å². The summed E-state index contributed by atoms with van der Waals surface area (Å²) in [5, 5.41) is 18.5. The van der Waals surface area contributed by atoms with Gasteiger partial charge in [0, 0.05) is 10.6 Å². The molecule has 0 unspecified atom stereocenters. The molecule has 5 heteroatoms. The fourth-order valence-corrected chi connectivity index (χ4v) is 2.66. The average molecular weight is 314 g/mol. The number of aryl methyl sites for hydroxylation is 1. The Morgan fingerprint density at radius 3 is 2.68 bits per heavy atom. The van der Waals surface area contributed by atoms with E-state index >= 15 is 0 Å². The van der Waals surface area contributed by atoms with E-state index in [4.69, 9.17) is 11.6 Å². The van der Waals surface area contributed by atoms with Crippen LogP contribution in [0.25, 0.3) is 11.3 Å². The van der Waals surface area contributed by atoms with E-state index in [-0.39, 0.29) is 6.61 Å². The Morgan fingerprint density at radius 2 is 1.95 bits per heavy atom. The van der Waals surface area contributed by atoms with Gasteiger partial charge in [-0.15, -0.1) is 5.10 Å². The van der Waals surface area contributed by atoms with Gasteiger partial charge in [0.1, 0.15) is 5.69 Å². The van der Waals surface area contributed by atoms with Crippen molar-refractivity contribution in [3.8, 4) is 11.3 Å². The molecule has 0 amide bonds. The molecule has 2 aromatic carbocycles. The van der Waals surface area contributed by atoms with Gasteiger partial charge in [0.25, 0.3) is 0 Å². The van der Waals surface area contributed by atoms with E-state index in [1.165, 1.54) is 0 Å². The van der Waals surface area contributed by atoms with Gasteiger partial charge in [-0.2, -0.15) is 0 Å². The van der Waals surface area contributed by atoms with Gasteiger partial charge in [0.15, 0.2) is 0 Å². The van der Waals surface area contributed by atoms with Crippen molar-refractivity contribution in [1.29, 1.82) is 0 Å². The molecule has 0 aliphatic heterocycles. The van der Waals surface area contributed by atoms with Gasteiger partial charge >= 0.3 is 0 Å². The fraction of sp³-hybridized carbons (Fsp3) is 0.176. The smallest absolute Gasteiger partial charge is 0.116 e. The number of aromatic nitrogens is 3. The highest BCUT2D eigenvalue weighted by molar-refractivity contribution is 6.31. The third-order valence-corrected chi connectivity index (χ3v) is 3.89. The van der Waals surface area contributed by atoms with Crippen LogP contribution in [0.5, 0.6) is 0 Å². The molecule has 0 spiro atoms. The Balaban J connectivity index is 2.06. The standard InChI is InChI=1S/C17H16ClN3O/c1-12-5-4-7-13(9-12)17-16(11-22)19-20-21(17)10-14-6-2-3-8-15(14)18/h2-9,22H,10-11H2,1H3. The van der Waals surface area contributed by atoms with Crippen LogP contribution in [0.3, 0.4) is 0 Å². The van der Waals surface area contributed by atoms with Crippen molar-refractivity contribution in [2.75, 3.05) is 0 Å². The second-order valence-corrected chi connectivity index (χ2v) is 5.57. The lowest BCUT2D eigenvalue weighted by atomic mass is 10.1. The highest BCUT2D eigenvalue weighted by Crippen LogP contribution is 2.25. The molecule has 22 heavy (non-hydrogen) atoms. The van der Waals surface area contributed by atoms with Gasteiger partial charge in [0.2, 0.25) is 0 Å². The van der Waals surface area contributed by atoms with E-state index < -0.39 is 0 Å². The molecule has 0 fully saturated rings. The zero-order valence-corrected chi connectivity index (χ0v) is 13.0. The summed E-state index contributed by atoms with van der Waals surface area (Å²) in [5.74, 6) is 0. The molecule has 0 saturated heterocycles. The molecular weight excluding hydrogens is 298 g/mol. The molecule has 1 heterocycles. The first-order valence-electron chi connectivity index (χ1n) is 7.02. The monoisotopic (exact) mass is 313 g/mol. The molecule has 0 aliphatic rings. The molecule has 1 aromatic heterocycles. The number of rotatable bonds is 4. The summed E-state index contributed by atoms with van der Waals surface area (Å²) in [6, 6.07) is 15.7. The van der Waals surface area contributed by atoms with E-state index in [2.05, 4.69) is 16.4 Å². The van der Waals surface area contributed by atoms with Gasteiger partial charge in [-0.25, -0.2) is 4.68 Å². The molecule has 112 valence electrons. The van der Waals surface area contributed by atoms with Crippen molar-refractivity contribution in [1.82, 2.24) is 15.0 Å². The Labute approximate surface area is 134 Å². The fourth-order valence-electron chi connectivity index (χ4n) is 2.46. The third-order valence-electron chi connectivity index (χ3n) is 3.52. The van der Waals surface area contributed by atoms with Crippen molar-refractivity contribution in [3.63, 3.8) is 0 Å². The molecule has 0 radical (unpaired) electrons. The Hall–Kier alpha value is -2.17. The molecule has 0 aliphatic carbocycles. The lowest BCUT2D eigenvalue weighted by Crippen LogP contribution is -2.05. The molecule has 1 N–H and O–H groups in total. The first-order chi connectivity index (χ1) is 10.7. The zero-order valence-electron chi connectivity index (χ0n) is 12.2. The molecule has 0 saturated carbocycles. The second-order valence-electron chi connectivity index (χ2n) is 5.16. The molecule has 3 rings (SSSR count). The highest BCUT2D eigenvalue weighted by atomic mass is 35.5. The predicted octanol–water partition coefficient (Wildman–Crippen LogP) is 3.45. The lowest BCUT2D eigenvalue weighted by Gasteiger charge is -2.09. The summed E-state index contributed by atoms with van der Waals surface area (Å²) in [7, 11) is 0. The third kappa shape index (κ3) is 2.89. The van der Waals surface area contributed by atoms with Crippen molar-refractivity contribution >= 4 is 11.6 Å². The average Bonchev–Trinajstić information content (AvgIpc) is 2.92. The first kappa shape index (κ1) is 14.8. The van der Waals surface area contributed by atoms with Crippen LogP contribution in [-0.4, -0.2) is 20.1 Å². The van der Waals surface area contributed by atoms with Crippen LogP contribution < -0.4 is 0 Å². The minimum absolute atomic E-state index is 0.147. The largest absolute Gasteiger partial charge is 0.390 e. The molecular formula is C17H16ClN3O. The second kappa shape index (κ2) is 6.30. The number of hydrogen-bond donors (Lipinski definition) is 1. The summed E-state index contributed by atoms with van der Waals surface area (Å²) in [6.07, 6.45) is 0. The van der Waals surface area contributed by atoms with Crippen molar-refractivity contribution < 1.29 is 5.11 Å². The summed E-state index contributed by atoms with van der Waals surface area (Å²) in [4.78, 5) is 0. The van der Waals surface area contributed by atoms with Gasteiger partial charge in [-0.3, -0.25) is 0 Å². The highest BCUT2D eigenvalue weighted by Gasteiger charge is 2.15. The maximum Gasteiger partial charge on any atom is 0.116 e. The number of hydrogen-bond acceptors (Lipinski definition) is 3. The topological polar surface area (TPSA) is 50.9 Å². The summed E-state index contributed by atoms with van der Waals surface area (Å²) in [6.45, 7) is 2.39. The van der Waals surface area contributed by atoms with Crippen LogP contribution in [0, 0.1) is 6.92 Å². The van der Waals surface area contributed by atoms with Gasteiger partial charge < -0.3 is 5.11 Å². The van der Waals surface area contributed by atoms with Crippen LogP contribution in [-0.2, 0) is 13.2 Å². The number of halogens is 1. The normalized spacial score (nSPS) is 10.9. The first-order valence-corrected chi connectivity index (χ1v) is 7.40. The van der Waals surface area contributed by atoms with Gasteiger partial charge in [-0.05, 0) is 24.6 Å².